The number of aromatic amines is 1. The molecule has 0 atom stereocenters. The molecule has 0 unspecified atom stereocenters. The van der Waals surface area contributed by atoms with E-state index in [4.69, 9.17) is 5.11 Å². The van der Waals surface area contributed by atoms with Gasteiger partial charge in [-0.05, 0) is 30.4 Å². The molecule has 2 heteroatoms. The molecule has 2 nitrogen and oxygen atoms in total. The lowest BCUT2D eigenvalue weighted by atomic mass is 10.0. The Hall–Kier alpha value is -1.54. The van der Waals surface area contributed by atoms with Crippen molar-refractivity contribution in [3.05, 3.63) is 47.8 Å². The fourth-order valence-electron chi connectivity index (χ4n) is 2.16. The molecule has 18 heavy (non-hydrogen) atoms. The quantitative estimate of drug-likeness (QED) is 0.824. The molecule has 0 saturated carbocycles. The molecule has 0 aliphatic carbocycles. The second-order valence-electron chi connectivity index (χ2n) is 4.96. The highest BCUT2D eigenvalue weighted by Crippen LogP contribution is 2.28. The van der Waals surface area contributed by atoms with Crippen LogP contribution in [0.2, 0.25) is 0 Å². The van der Waals surface area contributed by atoms with E-state index in [1.807, 2.05) is 6.07 Å². The molecule has 0 radical (unpaired) electrons. The van der Waals surface area contributed by atoms with E-state index in [2.05, 4.69) is 49.2 Å². The molecule has 0 spiro atoms. The fraction of sp³-hybridized carbons (Fsp3) is 0.375. The average Bonchev–Trinajstić information content (AvgIpc) is 2.81. The zero-order valence-electron chi connectivity index (χ0n) is 11.1. The first kappa shape index (κ1) is 12.9. The zero-order chi connectivity index (χ0) is 13.0. The first-order valence-corrected chi connectivity index (χ1v) is 6.60. The second kappa shape index (κ2) is 5.87. The minimum absolute atomic E-state index is 0.240. The van der Waals surface area contributed by atoms with Crippen LogP contribution in [0.15, 0.2) is 36.4 Å². The van der Waals surface area contributed by atoms with Crippen LogP contribution in [0.5, 0.6) is 0 Å². The maximum atomic E-state index is 8.99. The lowest BCUT2D eigenvalue weighted by molar-refractivity contribution is 0.288. The summed E-state index contributed by atoms with van der Waals surface area (Å²) in [5.74, 6) is 0.496. The smallest absolute Gasteiger partial charge is 0.0434 e. The minimum Gasteiger partial charge on any atom is -0.396 e. The molecular formula is C16H21NO. The molecule has 0 aliphatic rings. The largest absolute Gasteiger partial charge is 0.396 e. The maximum absolute atomic E-state index is 8.99. The van der Waals surface area contributed by atoms with Gasteiger partial charge in [0, 0.05) is 23.6 Å². The van der Waals surface area contributed by atoms with E-state index in [0.717, 1.165) is 12.8 Å². The molecule has 2 aromatic rings. The Morgan fingerprint density at radius 1 is 1.17 bits per heavy atom. The van der Waals surface area contributed by atoms with Crippen molar-refractivity contribution in [3.63, 3.8) is 0 Å². The van der Waals surface area contributed by atoms with Crippen molar-refractivity contribution in [1.82, 2.24) is 4.98 Å². The molecule has 2 rings (SSSR count). The highest BCUT2D eigenvalue weighted by molar-refractivity contribution is 5.67. The Kier molecular flexibility index (Phi) is 4.21. The predicted molar refractivity (Wildman–Crippen MR) is 75.7 cm³/mol. The Morgan fingerprint density at radius 3 is 2.50 bits per heavy atom. The Morgan fingerprint density at radius 2 is 1.89 bits per heavy atom. The number of aliphatic hydroxyl groups is 1. The van der Waals surface area contributed by atoms with Crippen LogP contribution < -0.4 is 0 Å². The minimum atomic E-state index is 0.240. The van der Waals surface area contributed by atoms with E-state index in [0.29, 0.717) is 5.92 Å². The van der Waals surface area contributed by atoms with Gasteiger partial charge in [-0.1, -0.05) is 44.2 Å². The van der Waals surface area contributed by atoms with Crippen LogP contribution in [-0.4, -0.2) is 16.7 Å². The Bertz CT molecular complexity index is 485. The number of aromatic nitrogens is 1. The lowest BCUT2D eigenvalue weighted by Gasteiger charge is -2.03. The van der Waals surface area contributed by atoms with E-state index in [-0.39, 0.29) is 6.61 Å². The van der Waals surface area contributed by atoms with Crippen molar-refractivity contribution in [2.45, 2.75) is 32.6 Å². The van der Waals surface area contributed by atoms with Crippen molar-refractivity contribution < 1.29 is 5.11 Å². The fourth-order valence-corrected chi connectivity index (χ4v) is 2.16. The number of aliphatic hydroxyl groups excluding tert-OH is 1. The summed E-state index contributed by atoms with van der Waals surface area (Å²) in [4.78, 5) is 3.50. The van der Waals surface area contributed by atoms with E-state index in [1.165, 1.54) is 22.5 Å². The van der Waals surface area contributed by atoms with Gasteiger partial charge in [0.25, 0.3) is 0 Å². The monoisotopic (exact) mass is 243 g/mol. The van der Waals surface area contributed by atoms with Crippen LogP contribution in [-0.2, 0) is 6.42 Å². The SMILES string of the molecule is CC(C)c1cc(-c2ccccc2)c(CCCO)[nH]1. The summed E-state index contributed by atoms with van der Waals surface area (Å²) in [5.41, 5.74) is 5.02. The molecule has 0 bridgehead atoms. The Balaban J connectivity index is 2.37. The van der Waals surface area contributed by atoms with E-state index >= 15 is 0 Å². The first-order valence-electron chi connectivity index (χ1n) is 6.60. The third kappa shape index (κ3) is 2.82. The Labute approximate surface area is 109 Å². The number of nitrogens with one attached hydrogen (secondary N) is 1. The number of H-pyrrole nitrogens is 1. The summed E-state index contributed by atoms with van der Waals surface area (Å²) in [6.07, 6.45) is 1.70. The topological polar surface area (TPSA) is 36.0 Å². The van der Waals surface area contributed by atoms with Crippen LogP contribution >= 0.6 is 0 Å². The molecule has 1 aromatic carbocycles. The van der Waals surface area contributed by atoms with Crippen LogP contribution in [0.25, 0.3) is 11.1 Å². The van der Waals surface area contributed by atoms with Gasteiger partial charge in [-0.15, -0.1) is 0 Å². The van der Waals surface area contributed by atoms with Gasteiger partial charge in [-0.3, -0.25) is 0 Å². The van der Waals surface area contributed by atoms with Gasteiger partial charge in [0.1, 0.15) is 0 Å². The first-order chi connectivity index (χ1) is 8.72. The average molecular weight is 243 g/mol. The normalized spacial score (nSPS) is 11.1. The number of hydrogen-bond donors (Lipinski definition) is 2. The number of rotatable bonds is 5. The number of aryl methyl sites for hydroxylation is 1. The van der Waals surface area contributed by atoms with E-state index in [1.54, 1.807) is 0 Å². The summed E-state index contributed by atoms with van der Waals surface area (Å²) in [7, 11) is 0. The standard InChI is InChI=1S/C16H21NO/c1-12(2)16-11-14(13-7-4-3-5-8-13)15(17-16)9-6-10-18/h3-5,7-8,11-12,17-18H,6,9-10H2,1-2H3. The molecule has 1 aromatic heterocycles. The summed E-state index contributed by atoms with van der Waals surface area (Å²) < 4.78 is 0. The molecule has 96 valence electrons. The third-order valence-corrected chi connectivity index (χ3v) is 3.21. The van der Waals surface area contributed by atoms with Gasteiger partial charge in [0.05, 0.1) is 0 Å². The number of benzene rings is 1. The predicted octanol–water partition coefficient (Wildman–Crippen LogP) is 3.73. The molecular weight excluding hydrogens is 222 g/mol. The third-order valence-electron chi connectivity index (χ3n) is 3.21. The van der Waals surface area contributed by atoms with Crippen LogP contribution in [0, 0.1) is 0 Å². The number of hydrogen-bond acceptors (Lipinski definition) is 1. The summed E-state index contributed by atoms with van der Waals surface area (Å²) in [6, 6.07) is 12.7. The zero-order valence-corrected chi connectivity index (χ0v) is 11.1. The van der Waals surface area contributed by atoms with Crippen molar-refractivity contribution in [2.24, 2.45) is 0 Å². The van der Waals surface area contributed by atoms with Gasteiger partial charge in [-0.2, -0.15) is 0 Å². The van der Waals surface area contributed by atoms with Crippen molar-refractivity contribution in [2.75, 3.05) is 6.61 Å². The van der Waals surface area contributed by atoms with Gasteiger partial charge >= 0.3 is 0 Å². The van der Waals surface area contributed by atoms with Gasteiger partial charge < -0.3 is 10.1 Å². The van der Waals surface area contributed by atoms with E-state index in [9.17, 15) is 0 Å². The van der Waals surface area contributed by atoms with Crippen LogP contribution in [0.3, 0.4) is 0 Å². The van der Waals surface area contributed by atoms with Crippen molar-refractivity contribution >= 4 is 0 Å². The highest BCUT2D eigenvalue weighted by Gasteiger charge is 2.11. The highest BCUT2D eigenvalue weighted by atomic mass is 16.2. The molecule has 0 saturated heterocycles. The molecule has 0 fully saturated rings. The van der Waals surface area contributed by atoms with Gasteiger partial charge in [0.15, 0.2) is 0 Å². The molecule has 1 heterocycles. The van der Waals surface area contributed by atoms with Gasteiger partial charge in [-0.25, -0.2) is 0 Å². The van der Waals surface area contributed by atoms with Crippen molar-refractivity contribution in [1.29, 1.82) is 0 Å². The second-order valence-corrected chi connectivity index (χ2v) is 4.96. The summed E-state index contributed by atoms with van der Waals surface area (Å²) in [6.45, 7) is 4.62. The van der Waals surface area contributed by atoms with Gasteiger partial charge in [0.2, 0.25) is 0 Å². The van der Waals surface area contributed by atoms with E-state index < -0.39 is 0 Å². The lowest BCUT2D eigenvalue weighted by Crippen LogP contribution is -1.93. The molecule has 2 N–H and O–H groups in total. The van der Waals surface area contributed by atoms with Crippen molar-refractivity contribution in [3.8, 4) is 11.1 Å². The summed E-state index contributed by atoms with van der Waals surface area (Å²) >= 11 is 0. The molecule has 0 aliphatic heterocycles. The van der Waals surface area contributed by atoms with Crippen LogP contribution in [0.1, 0.15) is 37.6 Å². The van der Waals surface area contributed by atoms with Crippen LogP contribution in [0.4, 0.5) is 0 Å². The summed E-state index contributed by atoms with van der Waals surface area (Å²) in [5, 5.41) is 8.99. The molecule has 0 amide bonds. The maximum Gasteiger partial charge on any atom is 0.0434 e.